The first kappa shape index (κ1) is 15.1. The van der Waals surface area contributed by atoms with Crippen molar-refractivity contribution in [1.82, 2.24) is 0 Å². The summed E-state index contributed by atoms with van der Waals surface area (Å²) in [4.78, 5) is 11.4. The fourth-order valence-electron chi connectivity index (χ4n) is 1.56. The molecule has 4 heteroatoms. The van der Waals surface area contributed by atoms with Gasteiger partial charge in [-0.05, 0) is 30.2 Å². The van der Waals surface area contributed by atoms with Crippen molar-refractivity contribution in [1.29, 1.82) is 0 Å². The molecule has 1 rings (SSSR count). The summed E-state index contributed by atoms with van der Waals surface area (Å²) in [5.74, 6) is -0.796. The molecule has 1 aromatic carbocycles. The van der Waals surface area contributed by atoms with E-state index in [9.17, 15) is 9.90 Å². The molecule has 0 atom stereocenters. The van der Waals surface area contributed by atoms with Crippen LogP contribution in [0, 0.1) is 0 Å². The smallest absolute Gasteiger partial charge is 0.330 e. The maximum atomic E-state index is 11.4. The van der Waals surface area contributed by atoms with Gasteiger partial charge in [0.1, 0.15) is 0 Å². The highest BCUT2D eigenvalue weighted by atomic mass is 16.5. The lowest BCUT2D eigenvalue weighted by atomic mass is 10.2. The first-order valence-corrected chi connectivity index (χ1v) is 6.50. The number of aromatic hydroxyl groups is 2. The van der Waals surface area contributed by atoms with Crippen LogP contribution in [-0.2, 0) is 9.53 Å². The molecule has 2 N–H and O–H groups in total. The quantitative estimate of drug-likeness (QED) is 0.343. The number of esters is 1. The highest BCUT2D eigenvalue weighted by Crippen LogP contribution is 2.25. The number of rotatable bonds is 7. The average Bonchev–Trinajstić information content (AvgIpc) is 2.40. The third-order valence-corrected chi connectivity index (χ3v) is 2.65. The van der Waals surface area contributed by atoms with Crippen LogP contribution in [0.25, 0.3) is 6.08 Å². The maximum Gasteiger partial charge on any atom is 0.330 e. The van der Waals surface area contributed by atoms with Gasteiger partial charge in [0.25, 0.3) is 0 Å². The first-order chi connectivity index (χ1) is 9.13. The molecule has 1 aromatic rings. The van der Waals surface area contributed by atoms with Gasteiger partial charge < -0.3 is 14.9 Å². The van der Waals surface area contributed by atoms with Crippen molar-refractivity contribution >= 4 is 12.0 Å². The van der Waals surface area contributed by atoms with E-state index in [-0.39, 0.29) is 11.5 Å². The fraction of sp³-hybridized carbons (Fsp3) is 0.400. The Balaban J connectivity index is 2.34. The van der Waals surface area contributed by atoms with Crippen LogP contribution in [0.2, 0.25) is 0 Å². The van der Waals surface area contributed by atoms with E-state index in [1.807, 2.05) is 0 Å². The van der Waals surface area contributed by atoms with Gasteiger partial charge in [0.05, 0.1) is 6.61 Å². The average molecular weight is 264 g/mol. The number of unbranched alkanes of at least 4 members (excludes halogenated alkanes) is 3. The van der Waals surface area contributed by atoms with Gasteiger partial charge in [-0.2, -0.15) is 0 Å². The predicted molar refractivity (Wildman–Crippen MR) is 73.9 cm³/mol. The minimum absolute atomic E-state index is 0.185. The van der Waals surface area contributed by atoms with Gasteiger partial charge in [0.2, 0.25) is 0 Å². The van der Waals surface area contributed by atoms with Crippen LogP contribution in [0.15, 0.2) is 24.3 Å². The molecular weight excluding hydrogens is 244 g/mol. The van der Waals surface area contributed by atoms with E-state index in [0.29, 0.717) is 12.2 Å². The molecule has 104 valence electrons. The molecule has 0 aliphatic heterocycles. The Hall–Kier alpha value is -1.97. The zero-order valence-electron chi connectivity index (χ0n) is 11.1. The summed E-state index contributed by atoms with van der Waals surface area (Å²) < 4.78 is 5.03. The maximum absolute atomic E-state index is 11.4. The lowest BCUT2D eigenvalue weighted by Gasteiger charge is -2.01. The van der Waals surface area contributed by atoms with Crippen LogP contribution >= 0.6 is 0 Å². The standard InChI is InChI=1S/C15H20O4/c1-2-3-4-5-10-19-15(18)9-7-12-6-8-13(16)14(17)11-12/h6-9,11,16-17H,2-5,10H2,1H3/b9-7+. The van der Waals surface area contributed by atoms with E-state index in [1.54, 1.807) is 6.07 Å². The normalized spacial score (nSPS) is 10.8. The number of ether oxygens (including phenoxy) is 1. The Kier molecular flexibility index (Phi) is 6.50. The van der Waals surface area contributed by atoms with Crippen LogP contribution in [-0.4, -0.2) is 22.8 Å². The van der Waals surface area contributed by atoms with Crippen molar-refractivity contribution in [3.63, 3.8) is 0 Å². The van der Waals surface area contributed by atoms with Crippen molar-refractivity contribution < 1.29 is 19.7 Å². The monoisotopic (exact) mass is 264 g/mol. The Morgan fingerprint density at radius 1 is 1.21 bits per heavy atom. The molecule has 0 unspecified atom stereocenters. The van der Waals surface area contributed by atoms with E-state index < -0.39 is 5.97 Å². The molecule has 19 heavy (non-hydrogen) atoms. The minimum atomic E-state index is -0.399. The predicted octanol–water partition coefficient (Wildman–Crippen LogP) is 3.23. The third-order valence-electron chi connectivity index (χ3n) is 2.65. The molecule has 0 spiro atoms. The number of phenols is 2. The molecule has 0 aliphatic carbocycles. The zero-order valence-corrected chi connectivity index (χ0v) is 11.1. The summed E-state index contributed by atoms with van der Waals surface area (Å²) in [6.07, 6.45) is 7.10. The number of benzene rings is 1. The van der Waals surface area contributed by atoms with Crippen LogP contribution in [0.4, 0.5) is 0 Å². The molecule has 0 heterocycles. The SMILES string of the molecule is CCCCCCOC(=O)/C=C/c1ccc(O)c(O)c1. The Morgan fingerprint density at radius 3 is 2.68 bits per heavy atom. The highest BCUT2D eigenvalue weighted by Gasteiger charge is 2.00. The summed E-state index contributed by atoms with van der Waals surface area (Å²) in [5, 5.41) is 18.4. The molecular formula is C15H20O4. The van der Waals surface area contributed by atoms with E-state index in [4.69, 9.17) is 9.84 Å². The molecule has 0 saturated heterocycles. The van der Waals surface area contributed by atoms with Gasteiger partial charge in [0, 0.05) is 6.08 Å². The van der Waals surface area contributed by atoms with Crippen molar-refractivity contribution in [3.05, 3.63) is 29.8 Å². The number of phenolic OH excluding ortho intramolecular Hbond substituents is 2. The van der Waals surface area contributed by atoms with E-state index in [2.05, 4.69) is 6.92 Å². The summed E-state index contributed by atoms with van der Waals surface area (Å²) in [7, 11) is 0. The second-order valence-corrected chi connectivity index (χ2v) is 4.31. The molecule has 0 bridgehead atoms. The lowest BCUT2D eigenvalue weighted by Crippen LogP contribution is -2.02. The molecule has 4 nitrogen and oxygen atoms in total. The Labute approximate surface area is 113 Å². The van der Waals surface area contributed by atoms with Gasteiger partial charge in [-0.1, -0.05) is 32.3 Å². The summed E-state index contributed by atoms with van der Waals surface area (Å²) in [5.41, 5.74) is 0.623. The summed E-state index contributed by atoms with van der Waals surface area (Å²) >= 11 is 0. The topological polar surface area (TPSA) is 66.8 Å². The van der Waals surface area contributed by atoms with Crippen molar-refractivity contribution in [2.45, 2.75) is 32.6 Å². The van der Waals surface area contributed by atoms with Gasteiger partial charge in [-0.3, -0.25) is 0 Å². The van der Waals surface area contributed by atoms with E-state index in [1.165, 1.54) is 24.3 Å². The van der Waals surface area contributed by atoms with Crippen molar-refractivity contribution in [3.8, 4) is 11.5 Å². The molecule has 0 saturated carbocycles. The van der Waals surface area contributed by atoms with E-state index in [0.717, 1.165) is 25.7 Å². The largest absolute Gasteiger partial charge is 0.504 e. The van der Waals surface area contributed by atoms with Gasteiger partial charge in [-0.25, -0.2) is 4.79 Å². The van der Waals surface area contributed by atoms with Gasteiger partial charge in [0.15, 0.2) is 11.5 Å². The van der Waals surface area contributed by atoms with Gasteiger partial charge in [-0.15, -0.1) is 0 Å². The lowest BCUT2D eigenvalue weighted by molar-refractivity contribution is -0.137. The Bertz CT molecular complexity index is 438. The highest BCUT2D eigenvalue weighted by molar-refractivity contribution is 5.87. The molecule has 0 fully saturated rings. The number of carbonyl (C=O) groups excluding carboxylic acids is 1. The molecule has 0 radical (unpaired) electrons. The van der Waals surface area contributed by atoms with Crippen LogP contribution in [0.1, 0.15) is 38.2 Å². The van der Waals surface area contributed by atoms with E-state index >= 15 is 0 Å². The second-order valence-electron chi connectivity index (χ2n) is 4.31. The molecule has 0 amide bonds. The first-order valence-electron chi connectivity index (χ1n) is 6.50. The fourth-order valence-corrected chi connectivity index (χ4v) is 1.56. The Morgan fingerprint density at radius 2 is 2.00 bits per heavy atom. The van der Waals surface area contributed by atoms with Crippen molar-refractivity contribution in [2.24, 2.45) is 0 Å². The van der Waals surface area contributed by atoms with Crippen LogP contribution in [0.3, 0.4) is 0 Å². The molecule has 0 aromatic heterocycles. The number of hydrogen-bond acceptors (Lipinski definition) is 4. The number of hydrogen-bond donors (Lipinski definition) is 2. The van der Waals surface area contributed by atoms with Gasteiger partial charge >= 0.3 is 5.97 Å². The van der Waals surface area contributed by atoms with Crippen molar-refractivity contribution in [2.75, 3.05) is 6.61 Å². The summed E-state index contributed by atoms with van der Waals surface area (Å²) in [6, 6.07) is 4.34. The molecule has 0 aliphatic rings. The minimum Gasteiger partial charge on any atom is -0.504 e. The van der Waals surface area contributed by atoms with Crippen LogP contribution in [0.5, 0.6) is 11.5 Å². The van der Waals surface area contributed by atoms with Crippen LogP contribution < -0.4 is 0 Å². The third kappa shape index (κ3) is 5.95. The summed E-state index contributed by atoms with van der Waals surface area (Å²) in [6.45, 7) is 2.56. The zero-order chi connectivity index (χ0) is 14.1. The number of carbonyl (C=O) groups is 1. The second kappa shape index (κ2) is 8.19.